The summed E-state index contributed by atoms with van der Waals surface area (Å²) in [4.78, 5) is 15.9. The summed E-state index contributed by atoms with van der Waals surface area (Å²) in [5, 5.41) is 9.20. The number of carbonyl (C=O) groups is 1. The fourth-order valence-electron chi connectivity index (χ4n) is 1.60. The maximum Gasteiger partial charge on any atom is 0.221 e. The molecule has 96 valence electrons. The first kappa shape index (κ1) is 14.1. The van der Waals surface area contributed by atoms with Crippen molar-refractivity contribution in [2.45, 2.75) is 39.2 Å². The van der Waals surface area contributed by atoms with Crippen molar-refractivity contribution < 1.29 is 4.79 Å². The molecular weight excluding hydrogens is 234 g/mol. The third-order valence-corrected chi connectivity index (χ3v) is 3.53. The van der Waals surface area contributed by atoms with Crippen molar-refractivity contribution >= 4 is 17.2 Å². The van der Waals surface area contributed by atoms with Crippen molar-refractivity contribution in [3.05, 3.63) is 16.6 Å². The van der Waals surface area contributed by atoms with Crippen molar-refractivity contribution in [2.24, 2.45) is 0 Å². The lowest BCUT2D eigenvalue weighted by Crippen LogP contribution is -2.35. The van der Waals surface area contributed by atoms with Crippen LogP contribution in [0.15, 0.2) is 11.6 Å². The molecule has 2 atom stereocenters. The second-order valence-corrected chi connectivity index (χ2v) is 5.16. The van der Waals surface area contributed by atoms with Crippen molar-refractivity contribution in [3.63, 3.8) is 0 Å². The van der Waals surface area contributed by atoms with Crippen LogP contribution in [0.25, 0.3) is 0 Å². The monoisotopic (exact) mass is 255 g/mol. The van der Waals surface area contributed by atoms with Gasteiger partial charge in [-0.3, -0.25) is 4.79 Å². The summed E-state index contributed by atoms with van der Waals surface area (Å²) in [7, 11) is 0. The molecule has 2 unspecified atom stereocenters. The highest BCUT2D eigenvalue weighted by atomic mass is 32.1. The van der Waals surface area contributed by atoms with Gasteiger partial charge in [0, 0.05) is 36.5 Å². The molecular formula is C12H21N3OS. The maximum atomic E-state index is 11.6. The van der Waals surface area contributed by atoms with Gasteiger partial charge in [0.2, 0.25) is 5.91 Å². The molecule has 0 bridgehead atoms. The van der Waals surface area contributed by atoms with Crippen molar-refractivity contribution in [3.8, 4) is 0 Å². The summed E-state index contributed by atoms with van der Waals surface area (Å²) < 4.78 is 0. The quantitative estimate of drug-likeness (QED) is 0.780. The Labute approximate surface area is 107 Å². The Morgan fingerprint density at radius 2 is 2.29 bits per heavy atom. The number of hydrogen-bond donors (Lipinski definition) is 2. The van der Waals surface area contributed by atoms with Gasteiger partial charge >= 0.3 is 0 Å². The minimum atomic E-state index is 0.0989. The zero-order valence-electron chi connectivity index (χ0n) is 10.7. The summed E-state index contributed by atoms with van der Waals surface area (Å²) in [6.45, 7) is 7.69. The smallest absolute Gasteiger partial charge is 0.221 e. The van der Waals surface area contributed by atoms with E-state index in [1.54, 1.807) is 17.5 Å². The largest absolute Gasteiger partial charge is 0.355 e. The van der Waals surface area contributed by atoms with Crippen LogP contribution >= 0.6 is 11.3 Å². The Morgan fingerprint density at radius 3 is 2.88 bits per heavy atom. The van der Waals surface area contributed by atoms with E-state index in [4.69, 9.17) is 0 Å². The fraction of sp³-hybridized carbons (Fsp3) is 0.667. The van der Waals surface area contributed by atoms with Crippen LogP contribution in [-0.2, 0) is 4.79 Å². The number of aromatic nitrogens is 1. The molecule has 0 saturated carbocycles. The van der Waals surface area contributed by atoms with Crippen LogP contribution in [0.4, 0.5) is 0 Å². The molecule has 0 fully saturated rings. The maximum absolute atomic E-state index is 11.6. The van der Waals surface area contributed by atoms with Gasteiger partial charge in [-0.25, -0.2) is 4.98 Å². The zero-order valence-corrected chi connectivity index (χ0v) is 11.5. The topological polar surface area (TPSA) is 54.0 Å². The molecule has 0 aliphatic rings. The molecule has 1 heterocycles. The van der Waals surface area contributed by atoms with Crippen molar-refractivity contribution in [1.82, 2.24) is 15.6 Å². The summed E-state index contributed by atoms with van der Waals surface area (Å²) in [5.74, 6) is 0.384. The van der Waals surface area contributed by atoms with Gasteiger partial charge in [-0.2, -0.15) is 0 Å². The van der Waals surface area contributed by atoms with Crippen LogP contribution in [-0.4, -0.2) is 30.0 Å². The molecule has 0 aliphatic heterocycles. The fourth-order valence-corrected chi connectivity index (χ4v) is 2.30. The third kappa shape index (κ3) is 5.28. The average Bonchev–Trinajstić information content (AvgIpc) is 2.79. The first-order valence-corrected chi connectivity index (χ1v) is 6.91. The van der Waals surface area contributed by atoms with E-state index in [-0.39, 0.29) is 17.9 Å². The minimum absolute atomic E-state index is 0.0989. The lowest BCUT2D eigenvalue weighted by molar-refractivity contribution is -0.121. The van der Waals surface area contributed by atoms with E-state index in [0.29, 0.717) is 13.0 Å². The molecule has 1 aromatic rings. The van der Waals surface area contributed by atoms with Gasteiger partial charge in [0.15, 0.2) is 0 Å². The molecule has 5 heteroatoms. The van der Waals surface area contributed by atoms with Crippen LogP contribution in [0.2, 0.25) is 0 Å². The van der Waals surface area contributed by atoms with Gasteiger partial charge in [-0.1, -0.05) is 13.8 Å². The second kappa shape index (κ2) is 7.40. The molecule has 2 N–H and O–H groups in total. The van der Waals surface area contributed by atoms with Gasteiger partial charge in [0.25, 0.3) is 0 Å². The van der Waals surface area contributed by atoms with Crippen LogP contribution in [0.3, 0.4) is 0 Å². The van der Waals surface area contributed by atoms with Gasteiger partial charge in [-0.15, -0.1) is 11.3 Å². The Kier molecular flexibility index (Phi) is 6.15. The standard InChI is InChI=1S/C12H21N3OS/c1-4-13-10(3)7-11(16)15-8-9(2)12-14-5-6-17-12/h5-6,9-10,13H,4,7-8H2,1-3H3,(H,15,16). The lowest BCUT2D eigenvalue weighted by atomic mass is 10.2. The zero-order chi connectivity index (χ0) is 12.7. The number of carbonyl (C=O) groups excluding carboxylic acids is 1. The molecule has 1 rings (SSSR count). The first-order chi connectivity index (χ1) is 8.13. The lowest BCUT2D eigenvalue weighted by Gasteiger charge is -2.14. The van der Waals surface area contributed by atoms with Gasteiger partial charge in [-0.05, 0) is 13.5 Å². The predicted molar refractivity (Wildman–Crippen MR) is 71.3 cm³/mol. The Hall–Kier alpha value is -0.940. The molecule has 1 aromatic heterocycles. The van der Waals surface area contributed by atoms with Gasteiger partial charge < -0.3 is 10.6 Å². The third-order valence-electron chi connectivity index (χ3n) is 2.52. The van der Waals surface area contributed by atoms with Crippen LogP contribution < -0.4 is 10.6 Å². The SMILES string of the molecule is CCNC(C)CC(=O)NCC(C)c1nccs1. The van der Waals surface area contributed by atoms with E-state index in [9.17, 15) is 4.79 Å². The van der Waals surface area contributed by atoms with Gasteiger partial charge in [0.05, 0.1) is 5.01 Å². The van der Waals surface area contributed by atoms with E-state index < -0.39 is 0 Å². The van der Waals surface area contributed by atoms with Crippen molar-refractivity contribution in [1.29, 1.82) is 0 Å². The molecule has 0 saturated heterocycles. The van der Waals surface area contributed by atoms with Crippen LogP contribution in [0.1, 0.15) is 38.1 Å². The van der Waals surface area contributed by atoms with E-state index in [1.807, 2.05) is 19.2 Å². The summed E-state index contributed by atoms with van der Waals surface area (Å²) in [6.07, 6.45) is 2.32. The summed E-state index contributed by atoms with van der Waals surface area (Å²) in [5.41, 5.74) is 0. The molecule has 0 aliphatic carbocycles. The summed E-state index contributed by atoms with van der Waals surface area (Å²) in [6, 6.07) is 0.232. The molecule has 0 spiro atoms. The Balaban J connectivity index is 2.24. The number of rotatable bonds is 7. The van der Waals surface area contributed by atoms with E-state index in [1.165, 1.54) is 0 Å². The molecule has 1 amide bonds. The van der Waals surface area contributed by atoms with Crippen LogP contribution in [0, 0.1) is 0 Å². The van der Waals surface area contributed by atoms with E-state index in [2.05, 4.69) is 22.5 Å². The minimum Gasteiger partial charge on any atom is -0.355 e. The number of nitrogens with one attached hydrogen (secondary N) is 2. The number of hydrogen-bond acceptors (Lipinski definition) is 4. The molecule has 0 aromatic carbocycles. The number of nitrogens with zero attached hydrogens (tertiary/aromatic N) is 1. The van der Waals surface area contributed by atoms with Crippen LogP contribution in [0.5, 0.6) is 0 Å². The summed E-state index contributed by atoms with van der Waals surface area (Å²) >= 11 is 1.63. The molecule has 0 radical (unpaired) electrons. The Morgan fingerprint density at radius 1 is 1.53 bits per heavy atom. The van der Waals surface area contributed by atoms with Gasteiger partial charge in [0.1, 0.15) is 0 Å². The average molecular weight is 255 g/mol. The molecule has 4 nitrogen and oxygen atoms in total. The molecule has 17 heavy (non-hydrogen) atoms. The number of amides is 1. The highest BCUT2D eigenvalue weighted by Gasteiger charge is 2.11. The predicted octanol–water partition coefficient (Wildman–Crippen LogP) is 1.75. The highest BCUT2D eigenvalue weighted by molar-refractivity contribution is 7.09. The normalized spacial score (nSPS) is 14.3. The van der Waals surface area contributed by atoms with Crippen molar-refractivity contribution in [2.75, 3.05) is 13.1 Å². The Bertz CT molecular complexity index is 327. The van der Waals surface area contributed by atoms with E-state index >= 15 is 0 Å². The van der Waals surface area contributed by atoms with E-state index in [0.717, 1.165) is 11.6 Å². The first-order valence-electron chi connectivity index (χ1n) is 6.03. The highest BCUT2D eigenvalue weighted by Crippen LogP contribution is 2.16. The second-order valence-electron chi connectivity index (χ2n) is 4.24. The number of thiazole rings is 1.